The fourth-order valence-electron chi connectivity index (χ4n) is 6.00. The van der Waals surface area contributed by atoms with Crippen molar-refractivity contribution in [1.82, 2.24) is 0 Å². The van der Waals surface area contributed by atoms with Crippen LogP contribution in [0.1, 0.15) is 65.7 Å². The van der Waals surface area contributed by atoms with Crippen LogP contribution in [0.4, 0.5) is 0 Å². The van der Waals surface area contributed by atoms with E-state index in [2.05, 4.69) is 20.8 Å². The van der Waals surface area contributed by atoms with E-state index in [0.717, 1.165) is 37.5 Å². The predicted molar refractivity (Wildman–Crippen MR) is 78.3 cm³/mol. The SMILES string of the molecule is C[C@H]1C[C@@H]2[C@@H]([C@@H]3CCC(=O)CCCC[C@H]4O[C@@]143)C2(C)C. The second-order valence-corrected chi connectivity index (χ2v) is 8.48. The Morgan fingerprint density at radius 3 is 2.70 bits per heavy atom. The van der Waals surface area contributed by atoms with Crippen molar-refractivity contribution < 1.29 is 9.53 Å². The van der Waals surface area contributed by atoms with Crippen molar-refractivity contribution in [3.8, 4) is 0 Å². The highest BCUT2D eigenvalue weighted by Crippen LogP contribution is 2.75. The standard InChI is InChI=1S/C18H28O2/c1-11-10-14-16(17(14,2)3)13-9-8-12(19)6-4-5-7-15-18(11,13)20-15/h11,13-16H,4-10H2,1-3H3/t11-,13-,14+,15+,16+,18+/m0/s1. The van der Waals surface area contributed by atoms with Gasteiger partial charge in [0.1, 0.15) is 11.4 Å². The second-order valence-electron chi connectivity index (χ2n) is 8.48. The molecule has 1 heterocycles. The number of ether oxygens (including phenoxy) is 1. The molecule has 3 aliphatic carbocycles. The van der Waals surface area contributed by atoms with E-state index in [1.54, 1.807) is 0 Å². The van der Waals surface area contributed by atoms with E-state index in [0.29, 0.717) is 29.1 Å². The van der Waals surface area contributed by atoms with E-state index in [4.69, 9.17) is 4.74 Å². The van der Waals surface area contributed by atoms with Crippen molar-refractivity contribution in [2.24, 2.45) is 29.1 Å². The molecule has 1 saturated heterocycles. The minimum absolute atomic E-state index is 0.159. The maximum Gasteiger partial charge on any atom is 0.132 e. The third-order valence-electron chi connectivity index (χ3n) is 7.23. The van der Waals surface area contributed by atoms with Gasteiger partial charge in [0, 0.05) is 12.8 Å². The van der Waals surface area contributed by atoms with Gasteiger partial charge in [0.2, 0.25) is 0 Å². The molecule has 3 saturated carbocycles. The zero-order valence-corrected chi connectivity index (χ0v) is 13.2. The predicted octanol–water partition coefficient (Wildman–Crippen LogP) is 3.98. The molecule has 4 fully saturated rings. The quantitative estimate of drug-likeness (QED) is 0.626. The summed E-state index contributed by atoms with van der Waals surface area (Å²) < 4.78 is 6.37. The Hall–Kier alpha value is -0.370. The van der Waals surface area contributed by atoms with Gasteiger partial charge in [-0.1, -0.05) is 27.2 Å². The number of carbonyl (C=O) groups excluding carboxylic acids is 1. The molecule has 0 N–H and O–H groups in total. The van der Waals surface area contributed by atoms with Gasteiger partial charge in [-0.05, 0) is 54.8 Å². The highest BCUT2D eigenvalue weighted by molar-refractivity contribution is 5.78. The molecule has 0 aromatic rings. The number of ketones is 1. The van der Waals surface area contributed by atoms with Crippen LogP contribution in [0, 0.1) is 29.1 Å². The van der Waals surface area contributed by atoms with Crippen LogP contribution in [-0.4, -0.2) is 17.5 Å². The molecule has 0 aromatic heterocycles. The monoisotopic (exact) mass is 276 g/mol. The zero-order valence-electron chi connectivity index (χ0n) is 13.2. The molecule has 0 aromatic carbocycles. The van der Waals surface area contributed by atoms with Gasteiger partial charge < -0.3 is 4.74 Å². The molecule has 2 heteroatoms. The van der Waals surface area contributed by atoms with Crippen molar-refractivity contribution in [2.75, 3.05) is 0 Å². The number of rotatable bonds is 0. The Kier molecular flexibility index (Phi) is 2.72. The van der Waals surface area contributed by atoms with Crippen molar-refractivity contribution >= 4 is 5.78 Å². The van der Waals surface area contributed by atoms with Gasteiger partial charge in [-0.15, -0.1) is 0 Å². The van der Waals surface area contributed by atoms with Crippen LogP contribution in [0.15, 0.2) is 0 Å². The summed E-state index contributed by atoms with van der Waals surface area (Å²) in [7, 11) is 0. The largest absolute Gasteiger partial charge is 0.365 e. The van der Waals surface area contributed by atoms with Crippen LogP contribution in [-0.2, 0) is 9.53 Å². The first-order chi connectivity index (χ1) is 9.48. The Balaban J connectivity index is 1.63. The summed E-state index contributed by atoms with van der Waals surface area (Å²) in [6.07, 6.45) is 7.98. The number of carbonyl (C=O) groups is 1. The third kappa shape index (κ3) is 1.63. The van der Waals surface area contributed by atoms with Crippen molar-refractivity contribution in [1.29, 1.82) is 0 Å². The Morgan fingerprint density at radius 1 is 1.10 bits per heavy atom. The van der Waals surface area contributed by atoms with Gasteiger partial charge in [-0.25, -0.2) is 0 Å². The van der Waals surface area contributed by atoms with Crippen LogP contribution in [0.2, 0.25) is 0 Å². The summed E-state index contributed by atoms with van der Waals surface area (Å²) in [6.45, 7) is 7.28. The summed E-state index contributed by atoms with van der Waals surface area (Å²) in [5.41, 5.74) is 0.651. The molecule has 4 aliphatic rings. The molecule has 1 aliphatic heterocycles. The minimum atomic E-state index is 0.159. The Labute approximate surface area is 122 Å². The van der Waals surface area contributed by atoms with E-state index in [1.807, 2.05) is 0 Å². The lowest BCUT2D eigenvalue weighted by atomic mass is 9.67. The van der Waals surface area contributed by atoms with Crippen molar-refractivity contribution in [2.45, 2.75) is 77.4 Å². The maximum absolute atomic E-state index is 12.0. The van der Waals surface area contributed by atoms with Gasteiger partial charge in [-0.2, -0.15) is 0 Å². The molecular formula is C18H28O2. The lowest BCUT2D eigenvalue weighted by molar-refractivity contribution is -0.119. The van der Waals surface area contributed by atoms with Gasteiger partial charge in [0.05, 0.1) is 6.10 Å². The molecule has 6 atom stereocenters. The van der Waals surface area contributed by atoms with E-state index in [-0.39, 0.29) is 5.60 Å². The number of hydrogen-bond acceptors (Lipinski definition) is 2. The summed E-state index contributed by atoms with van der Waals surface area (Å²) in [6, 6.07) is 0. The fourth-order valence-corrected chi connectivity index (χ4v) is 6.00. The molecule has 4 rings (SSSR count). The molecule has 0 radical (unpaired) electrons. The van der Waals surface area contributed by atoms with Crippen molar-refractivity contribution in [3.63, 3.8) is 0 Å². The molecule has 2 nitrogen and oxygen atoms in total. The first-order valence-corrected chi connectivity index (χ1v) is 8.67. The molecular weight excluding hydrogens is 248 g/mol. The van der Waals surface area contributed by atoms with E-state index >= 15 is 0 Å². The molecule has 0 amide bonds. The van der Waals surface area contributed by atoms with Crippen molar-refractivity contribution in [3.05, 3.63) is 0 Å². The normalized spacial score (nSPS) is 53.4. The number of Topliss-reactive ketones (excluding diaryl/α,β-unsaturated/α-hetero) is 1. The first-order valence-electron chi connectivity index (χ1n) is 8.67. The molecule has 20 heavy (non-hydrogen) atoms. The van der Waals surface area contributed by atoms with E-state index in [9.17, 15) is 4.79 Å². The molecule has 0 bridgehead atoms. The summed E-state index contributed by atoms with van der Waals surface area (Å²) in [4.78, 5) is 12.0. The average molecular weight is 276 g/mol. The Morgan fingerprint density at radius 2 is 1.90 bits per heavy atom. The van der Waals surface area contributed by atoms with Crippen LogP contribution in [0.5, 0.6) is 0 Å². The van der Waals surface area contributed by atoms with Gasteiger partial charge in [0.25, 0.3) is 0 Å². The Bertz CT molecular complexity index is 441. The third-order valence-corrected chi connectivity index (χ3v) is 7.23. The fraction of sp³-hybridized carbons (Fsp3) is 0.944. The van der Waals surface area contributed by atoms with E-state index < -0.39 is 0 Å². The highest BCUT2D eigenvalue weighted by Gasteiger charge is 2.76. The highest BCUT2D eigenvalue weighted by atomic mass is 16.6. The van der Waals surface area contributed by atoms with Gasteiger partial charge in [-0.3, -0.25) is 4.79 Å². The lowest BCUT2D eigenvalue weighted by Crippen LogP contribution is -2.40. The first kappa shape index (κ1) is 13.3. The lowest BCUT2D eigenvalue weighted by Gasteiger charge is -2.35. The van der Waals surface area contributed by atoms with Gasteiger partial charge >= 0.3 is 0 Å². The van der Waals surface area contributed by atoms with Crippen LogP contribution < -0.4 is 0 Å². The zero-order chi connectivity index (χ0) is 14.1. The summed E-state index contributed by atoms with van der Waals surface area (Å²) in [5, 5.41) is 0. The molecule has 112 valence electrons. The second kappa shape index (κ2) is 4.09. The summed E-state index contributed by atoms with van der Waals surface area (Å²) in [5.74, 6) is 3.53. The maximum atomic E-state index is 12.0. The van der Waals surface area contributed by atoms with Crippen LogP contribution >= 0.6 is 0 Å². The van der Waals surface area contributed by atoms with Crippen LogP contribution in [0.3, 0.4) is 0 Å². The average Bonchev–Trinajstić information content (AvgIpc) is 3.23. The number of fused-ring (bicyclic) bond motifs is 2. The minimum Gasteiger partial charge on any atom is -0.365 e. The molecule has 0 unspecified atom stereocenters. The smallest absolute Gasteiger partial charge is 0.132 e. The van der Waals surface area contributed by atoms with Crippen LogP contribution in [0.25, 0.3) is 0 Å². The number of epoxide rings is 1. The molecule has 1 spiro atoms. The number of hydrogen-bond donors (Lipinski definition) is 0. The topological polar surface area (TPSA) is 29.6 Å². The van der Waals surface area contributed by atoms with Gasteiger partial charge in [0.15, 0.2) is 0 Å². The summed E-state index contributed by atoms with van der Waals surface area (Å²) >= 11 is 0. The van der Waals surface area contributed by atoms with E-state index in [1.165, 1.54) is 19.3 Å².